The summed E-state index contributed by atoms with van der Waals surface area (Å²) in [6, 6.07) is 0. The highest BCUT2D eigenvalue weighted by Crippen LogP contribution is 2.25. The van der Waals surface area contributed by atoms with E-state index < -0.39 is 0 Å². The van der Waals surface area contributed by atoms with Crippen molar-refractivity contribution in [3.05, 3.63) is 51.7 Å². The summed E-state index contributed by atoms with van der Waals surface area (Å²) < 4.78 is 0. The van der Waals surface area contributed by atoms with E-state index in [2.05, 4.69) is 74.6 Å². The summed E-state index contributed by atoms with van der Waals surface area (Å²) in [7, 11) is 1.79. The predicted octanol–water partition coefficient (Wildman–Crippen LogP) is 5.91. The largest absolute Gasteiger partial charge is 0.355 e. The minimum Gasteiger partial charge on any atom is -0.355 e. The van der Waals surface area contributed by atoms with Gasteiger partial charge in [0.15, 0.2) is 0 Å². The predicted molar refractivity (Wildman–Crippen MR) is 124 cm³/mol. The van der Waals surface area contributed by atoms with Gasteiger partial charge in [-0.3, -0.25) is 4.99 Å². The number of rotatable bonds is 11. The number of hydrogen-bond donors (Lipinski definition) is 1. The Balaban J connectivity index is 3.35. The van der Waals surface area contributed by atoms with Gasteiger partial charge in [0.2, 0.25) is 0 Å². The monoisotopic (exact) mass is 366 g/mol. The van der Waals surface area contributed by atoms with Gasteiger partial charge in [0.1, 0.15) is 0 Å². The van der Waals surface area contributed by atoms with Gasteiger partial charge in [0, 0.05) is 29.5 Å². The van der Waals surface area contributed by atoms with Crippen LogP contribution < -0.4 is 10.6 Å². The van der Waals surface area contributed by atoms with Crippen molar-refractivity contribution >= 4 is 24.9 Å². The number of allylic oxidation sites excluding steroid dienone is 5. The van der Waals surface area contributed by atoms with E-state index in [0.717, 1.165) is 24.6 Å². The fourth-order valence-corrected chi connectivity index (χ4v) is 3.44. The second-order valence-corrected chi connectivity index (χ2v) is 7.07. The summed E-state index contributed by atoms with van der Waals surface area (Å²) in [5, 5.41) is 2.31. The topological polar surface area (TPSA) is 28.1 Å². The van der Waals surface area contributed by atoms with Crippen LogP contribution in [-0.2, 0) is 0 Å². The van der Waals surface area contributed by atoms with E-state index in [0.29, 0.717) is 5.92 Å². The van der Waals surface area contributed by atoms with Crippen molar-refractivity contribution in [3.8, 4) is 0 Å². The smallest absolute Gasteiger partial charge is 0.0423 e. The SMILES string of the molecule is C=c1[nH]c(/C=C/CC=CC=NC)c(C(CC)CCCC)/c1=C/C(C)=C\CC. The Labute approximate surface area is 166 Å². The Morgan fingerprint density at radius 2 is 2.00 bits per heavy atom. The van der Waals surface area contributed by atoms with E-state index in [1.807, 2.05) is 12.3 Å². The average Bonchev–Trinajstić information content (AvgIpc) is 2.95. The highest BCUT2D eigenvalue weighted by atomic mass is 14.7. The molecule has 0 amide bonds. The molecule has 1 heterocycles. The van der Waals surface area contributed by atoms with Gasteiger partial charge in [0.25, 0.3) is 0 Å². The molecule has 1 atom stereocenters. The Hall–Kier alpha value is -2.09. The molecule has 0 saturated heterocycles. The molecule has 0 aromatic carbocycles. The first-order chi connectivity index (χ1) is 13.1. The van der Waals surface area contributed by atoms with Crippen molar-refractivity contribution in [1.29, 1.82) is 0 Å². The lowest BCUT2D eigenvalue weighted by Crippen LogP contribution is -2.25. The molecular weight excluding hydrogens is 328 g/mol. The van der Waals surface area contributed by atoms with Crippen LogP contribution in [0.4, 0.5) is 0 Å². The maximum atomic E-state index is 4.30. The van der Waals surface area contributed by atoms with E-state index in [9.17, 15) is 0 Å². The van der Waals surface area contributed by atoms with Gasteiger partial charge in [-0.2, -0.15) is 0 Å². The molecule has 0 aliphatic carbocycles. The molecule has 1 unspecified atom stereocenters. The van der Waals surface area contributed by atoms with Gasteiger partial charge in [0.05, 0.1) is 0 Å². The second kappa shape index (κ2) is 13.1. The van der Waals surface area contributed by atoms with Crippen molar-refractivity contribution in [2.24, 2.45) is 4.99 Å². The van der Waals surface area contributed by atoms with Gasteiger partial charge in [-0.05, 0) is 62.3 Å². The fraction of sp³-hybridized carbons (Fsp3) is 0.480. The molecule has 0 aliphatic rings. The van der Waals surface area contributed by atoms with Gasteiger partial charge >= 0.3 is 0 Å². The summed E-state index contributed by atoms with van der Waals surface area (Å²) in [6.45, 7) is 13.2. The zero-order valence-corrected chi connectivity index (χ0v) is 18.0. The van der Waals surface area contributed by atoms with E-state index in [4.69, 9.17) is 0 Å². The third kappa shape index (κ3) is 7.58. The van der Waals surface area contributed by atoms with Gasteiger partial charge in [-0.1, -0.05) is 64.0 Å². The lowest BCUT2D eigenvalue weighted by atomic mass is 9.89. The van der Waals surface area contributed by atoms with Crippen molar-refractivity contribution in [2.75, 3.05) is 7.05 Å². The summed E-state index contributed by atoms with van der Waals surface area (Å²) in [5.41, 5.74) is 3.97. The minimum absolute atomic E-state index is 0.569. The maximum Gasteiger partial charge on any atom is 0.0423 e. The molecule has 0 radical (unpaired) electrons. The van der Waals surface area contributed by atoms with Crippen molar-refractivity contribution in [2.45, 2.75) is 72.1 Å². The lowest BCUT2D eigenvalue weighted by Gasteiger charge is -2.15. The van der Waals surface area contributed by atoms with E-state index in [1.54, 1.807) is 7.05 Å². The Morgan fingerprint density at radius 3 is 2.63 bits per heavy atom. The highest BCUT2D eigenvalue weighted by Gasteiger charge is 2.16. The molecule has 0 aliphatic heterocycles. The van der Waals surface area contributed by atoms with Crippen LogP contribution in [0, 0.1) is 0 Å². The van der Waals surface area contributed by atoms with Crippen LogP contribution in [-0.4, -0.2) is 18.2 Å². The summed E-state index contributed by atoms with van der Waals surface area (Å²) in [6.07, 6.45) is 21.8. The fourth-order valence-electron chi connectivity index (χ4n) is 3.44. The first-order valence-electron chi connectivity index (χ1n) is 10.4. The second-order valence-electron chi connectivity index (χ2n) is 7.07. The van der Waals surface area contributed by atoms with Gasteiger partial charge in [-0.25, -0.2) is 0 Å². The minimum atomic E-state index is 0.569. The number of aromatic amines is 1. The van der Waals surface area contributed by atoms with E-state index in [-0.39, 0.29) is 0 Å². The third-order valence-corrected chi connectivity index (χ3v) is 4.82. The van der Waals surface area contributed by atoms with Crippen molar-refractivity contribution in [1.82, 2.24) is 4.98 Å². The molecule has 0 spiro atoms. The standard InChI is InChI=1S/C25H38N2/c1-7-10-16-22(9-3)25-23(19-20(4)15-8-2)21(5)27-24(25)17-13-11-12-14-18-26-6/h12-15,17-19,22,27H,5,7-11,16H2,1-4,6H3/b14-12?,17-13+,20-15-,23-19+,26-18?. The van der Waals surface area contributed by atoms with Crippen LogP contribution >= 0.6 is 0 Å². The molecule has 148 valence electrons. The summed E-state index contributed by atoms with van der Waals surface area (Å²) in [4.78, 5) is 7.51. The maximum absolute atomic E-state index is 4.30. The number of aromatic nitrogens is 1. The lowest BCUT2D eigenvalue weighted by molar-refractivity contribution is 0.567. The number of hydrogen-bond acceptors (Lipinski definition) is 1. The Kier molecular flexibility index (Phi) is 11.2. The molecule has 0 saturated carbocycles. The molecule has 1 N–H and O–H groups in total. The molecule has 1 aromatic heterocycles. The zero-order chi connectivity index (χ0) is 20.1. The molecule has 27 heavy (non-hydrogen) atoms. The number of H-pyrrole nitrogens is 1. The van der Waals surface area contributed by atoms with Crippen LogP contribution in [0.15, 0.2) is 34.9 Å². The molecule has 1 aromatic rings. The van der Waals surface area contributed by atoms with E-state index >= 15 is 0 Å². The van der Waals surface area contributed by atoms with Crippen LogP contribution in [0.1, 0.15) is 83.4 Å². The molecule has 0 fully saturated rings. The molecular formula is C25H38N2. The summed E-state index contributed by atoms with van der Waals surface area (Å²) >= 11 is 0. The quantitative estimate of drug-likeness (QED) is 0.472. The van der Waals surface area contributed by atoms with Crippen LogP contribution in [0.5, 0.6) is 0 Å². The number of nitrogens with one attached hydrogen (secondary N) is 1. The number of unbranched alkanes of at least 4 members (excludes halogenated alkanes) is 1. The van der Waals surface area contributed by atoms with Crippen LogP contribution in [0.25, 0.3) is 18.7 Å². The number of aliphatic imine (C=N–C) groups is 1. The molecule has 1 rings (SSSR count). The molecule has 0 bridgehead atoms. The van der Waals surface area contributed by atoms with Crippen LogP contribution in [0.3, 0.4) is 0 Å². The van der Waals surface area contributed by atoms with E-state index in [1.165, 1.54) is 41.3 Å². The Bertz CT molecular complexity index is 772. The first kappa shape index (κ1) is 23.0. The summed E-state index contributed by atoms with van der Waals surface area (Å²) in [5.74, 6) is 0.569. The van der Waals surface area contributed by atoms with Crippen LogP contribution in [0.2, 0.25) is 0 Å². The van der Waals surface area contributed by atoms with Crippen molar-refractivity contribution in [3.63, 3.8) is 0 Å². The Morgan fingerprint density at radius 1 is 1.22 bits per heavy atom. The third-order valence-electron chi connectivity index (χ3n) is 4.82. The van der Waals surface area contributed by atoms with Gasteiger partial charge in [-0.15, -0.1) is 0 Å². The highest BCUT2D eigenvalue weighted by molar-refractivity contribution is 5.70. The van der Waals surface area contributed by atoms with Crippen molar-refractivity contribution < 1.29 is 0 Å². The average molecular weight is 367 g/mol. The zero-order valence-electron chi connectivity index (χ0n) is 18.0. The normalized spacial score (nSPS) is 15.0. The molecule has 2 nitrogen and oxygen atoms in total. The molecule has 2 heteroatoms. The number of nitrogens with zero attached hydrogens (tertiary/aromatic N) is 1. The van der Waals surface area contributed by atoms with Gasteiger partial charge < -0.3 is 4.98 Å². The first-order valence-corrected chi connectivity index (χ1v) is 10.4.